The van der Waals surface area contributed by atoms with Gasteiger partial charge >= 0.3 is 0 Å². The van der Waals surface area contributed by atoms with Gasteiger partial charge in [0.15, 0.2) is 0 Å². The van der Waals surface area contributed by atoms with E-state index in [9.17, 15) is 4.39 Å². The number of pyridine rings is 1. The van der Waals surface area contributed by atoms with Crippen LogP contribution in [0, 0.1) is 5.82 Å². The monoisotopic (exact) mass is 256 g/mol. The van der Waals surface area contributed by atoms with Gasteiger partial charge in [-0.05, 0) is 18.2 Å². The van der Waals surface area contributed by atoms with Gasteiger partial charge in [-0.2, -0.15) is 0 Å². The van der Waals surface area contributed by atoms with Crippen LogP contribution in [0.5, 0.6) is 0 Å². The molecule has 1 aromatic carbocycles. The molecule has 1 heterocycles. The van der Waals surface area contributed by atoms with Crippen LogP contribution in [0.15, 0.2) is 30.5 Å². The second-order valence-corrected chi connectivity index (χ2v) is 4.05. The minimum absolute atomic E-state index is 0.227. The van der Waals surface area contributed by atoms with Crippen molar-refractivity contribution >= 4 is 29.0 Å². The molecule has 1 aromatic heterocycles. The van der Waals surface area contributed by atoms with Gasteiger partial charge < -0.3 is 5.73 Å². The maximum atomic E-state index is 13.1. The van der Waals surface area contributed by atoms with E-state index in [0.29, 0.717) is 21.2 Å². The Labute approximate surface area is 102 Å². The molecular formula is C11H7Cl2FN2. The Morgan fingerprint density at radius 3 is 2.56 bits per heavy atom. The average molecular weight is 257 g/mol. The Hall–Kier alpha value is -1.32. The Morgan fingerprint density at radius 1 is 1.12 bits per heavy atom. The standard InChI is InChI=1S/C11H7Cl2FN2/c12-6-1-2-8(10(13)3-6)9-4-7(14)5-16-11(9)15/h1-5H,(H2,15,16). The Bertz CT molecular complexity index is 544. The van der Waals surface area contributed by atoms with Gasteiger partial charge in [0.2, 0.25) is 0 Å². The highest BCUT2D eigenvalue weighted by atomic mass is 35.5. The summed E-state index contributed by atoms with van der Waals surface area (Å²) in [4.78, 5) is 3.73. The van der Waals surface area contributed by atoms with E-state index >= 15 is 0 Å². The molecule has 2 aromatic rings. The van der Waals surface area contributed by atoms with Gasteiger partial charge in [0.25, 0.3) is 0 Å². The van der Waals surface area contributed by atoms with Gasteiger partial charge in [0.1, 0.15) is 11.6 Å². The van der Waals surface area contributed by atoms with Crippen molar-refractivity contribution in [2.24, 2.45) is 0 Å². The Morgan fingerprint density at radius 2 is 1.88 bits per heavy atom. The van der Waals surface area contributed by atoms with Crippen molar-refractivity contribution in [3.05, 3.63) is 46.3 Å². The first-order chi connectivity index (χ1) is 7.58. The molecule has 2 N–H and O–H groups in total. The fourth-order valence-corrected chi connectivity index (χ4v) is 1.88. The zero-order valence-electron chi connectivity index (χ0n) is 8.05. The van der Waals surface area contributed by atoms with Crippen LogP contribution in [0.4, 0.5) is 10.2 Å². The van der Waals surface area contributed by atoms with Crippen LogP contribution in [-0.2, 0) is 0 Å². The summed E-state index contributed by atoms with van der Waals surface area (Å²) in [6.07, 6.45) is 1.06. The molecule has 2 nitrogen and oxygen atoms in total. The molecule has 0 bridgehead atoms. The number of nitrogens with zero attached hydrogens (tertiary/aromatic N) is 1. The quantitative estimate of drug-likeness (QED) is 0.844. The average Bonchev–Trinajstić information content (AvgIpc) is 2.22. The van der Waals surface area contributed by atoms with Crippen LogP contribution in [0.1, 0.15) is 0 Å². The van der Waals surface area contributed by atoms with E-state index < -0.39 is 5.82 Å². The zero-order valence-corrected chi connectivity index (χ0v) is 9.56. The number of rotatable bonds is 1. The molecule has 82 valence electrons. The van der Waals surface area contributed by atoms with E-state index in [-0.39, 0.29) is 5.82 Å². The summed E-state index contributed by atoms with van der Waals surface area (Å²) < 4.78 is 13.1. The first kappa shape index (κ1) is 11.2. The van der Waals surface area contributed by atoms with Crippen LogP contribution < -0.4 is 5.73 Å². The van der Waals surface area contributed by atoms with Crippen molar-refractivity contribution in [3.8, 4) is 11.1 Å². The lowest BCUT2D eigenvalue weighted by Gasteiger charge is -2.07. The molecule has 2 rings (SSSR count). The number of nitrogen functional groups attached to an aromatic ring is 1. The van der Waals surface area contributed by atoms with E-state index in [4.69, 9.17) is 28.9 Å². The van der Waals surface area contributed by atoms with Gasteiger partial charge in [0.05, 0.1) is 11.2 Å². The Kier molecular flexibility index (Phi) is 2.99. The maximum absolute atomic E-state index is 13.1. The van der Waals surface area contributed by atoms with E-state index in [1.54, 1.807) is 18.2 Å². The molecule has 0 atom stereocenters. The van der Waals surface area contributed by atoms with Crippen molar-refractivity contribution in [1.82, 2.24) is 4.98 Å². The van der Waals surface area contributed by atoms with Gasteiger partial charge in [0, 0.05) is 16.1 Å². The molecule has 0 saturated heterocycles. The molecular weight excluding hydrogens is 250 g/mol. The molecule has 0 unspecified atom stereocenters. The molecule has 0 fully saturated rings. The van der Waals surface area contributed by atoms with E-state index in [1.807, 2.05) is 0 Å². The molecule has 0 aliphatic heterocycles. The fraction of sp³-hybridized carbons (Fsp3) is 0. The second kappa shape index (κ2) is 4.28. The summed E-state index contributed by atoms with van der Waals surface area (Å²) in [6.45, 7) is 0. The van der Waals surface area contributed by atoms with Crippen LogP contribution in [-0.4, -0.2) is 4.98 Å². The lowest BCUT2D eigenvalue weighted by molar-refractivity contribution is 0.622. The van der Waals surface area contributed by atoms with Gasteiger partial charge in [-0.3, -0.25) is 0 Å². The highest BCUT2D eigenvalue weighted by Crippen LogP contribution is 2.33. The summed E-state index contributed by atoms with van der Waals surface area (Å²) in [5.41, 5.74) is 6.73. The van der Waals surface area contributed by atoms with Crippen LogP contribution in [0.2, 0.25) is 10.0 Å². The minimum atomic E-state index is -0.463. The molecule has 5 heteroatoms. The molecule has 16 heavy (non-hydrogen) atoms. The number of benzene rings is 1. The summed E-state index contributed by atoms with van der Waals surface area (Å²) >= 11 is 11.8. The first-order valence-corrected chi connectivity index (χ1v) is 5.20. The molecule has 0 aliphatic carbocycles. The Balaban J connectivity index is 2.62. The fourth-order valence-electron chi connectivity index (χ4n) is 1.37. The molecule has 0 saturated carbocycles. The lowest BCUT2D eigenvalue weighted by Crippen LogP contribution is -1.95. The van der Waals surface area contributed by atoms with Gasteiger partial charge in [-0.15, -0.1) is 0 Å². The number of aromatic nitrogens is 1. The summed E-state index contributed by atoms with van der Waals surface area (Å²) in [6, 6.07) is 6.20. The third-order valence-corrected chi connectivity index (χ3v) is 2.65. The van der Waals surface area contributed by atoms with Crippen molar-refractivity contribution < 1.29 is 4.39 Å². The third-order valence-electron chi connectivity index (χ3n) is 2.11. The van der Waals surface area contributed by atoms with Gasteiger partial charge in [-0.25, -0.2) is 9.37 Å². The third kappa shape index (κ3) is 2.10. The number of halogens is 3. The summed E-state index contributed by atoms with van der Waals surface area (Å²) in [5.74, 6) is -0.235. The number of hydrogen-bond acceptors (Lipinski definition) is 2. The van der Waals surface area contributed by atoms with Crippen molar-refractivity contribution in [2.45, 2.75) is 0 Å². The van der Waals surface area contributed by atoms with Crippen molar-refractivity contribution in [3.63, 3.8) is 0 Å². The molecule has 0 amide bonds. The van der Waals surface area contributed by atoms with E-state index in [2.05, 4.69) is 4.98 Å². The van der Waals surface area contributed by atoms with E-state index in [1.165, 1.54) is 6.07 Å². The predicted octanol–water partition coefficient (Wildman–Crippen LogP) is 3.78. The first-order valence-electron chi connectivity index (χ1n) is 4.44. The predicted molar refractivity (Wildman–Crippen MR) is 64.1 cm³/mol. The highest BCUT2D eigenvalue weighted by molar-refractivity contribution is 6.36. The summed E-state index contributed by atoms with van der Waals surface area (Å²) in [5, 5.41) is 0.920. The van der Waals surface area contributed by atoms with Crippen LogP contribution in [0.25, 0.3) is 11.1 Å². The number of anilines is 1. The van der Waals surface area contributed by atoms with Crippen molar-refractivity contribution in [1.29, 1.82) is 0 Å². The SMILES string of the molecule is Nc1ncc(F)cc1-c1ccc(Cl)cc1Cl. The molecule has 0 aliphatic rings. The topological polar surface area (TPSA) is 38.9 Å². The van der Waals surface area contributed by atoms with E-state index in [0.717, 1.165) is 6.20 Å². The van der Waals surface area contributed by atoms with Crippen LogP contribution in [0.3, 0.4) is 0 Å². The molecule has 0 spiro atoms. The van der Waals surface area contributed by atoms with Gasteiger partial charge in [-0.1, -0.05) is 29.3 Å². The highest BCUT2D eigenvalue weighted by Gasteiger charge is 2.09. The van der Waals surface area contributed by atoms with Crippen LogP contribution >= 0.6 is 23.2 Å². The number of hydrogen-bond donors (Lipinski definition) is 1. The van der Waals surface area contributed by atoms with Crippen molar-refractivity contribution in [2.75, 3.05) is 5.73 Å². The minimum Gasteiger partial charge on any atom is -0.383 e. The smallest absolute Gasteiger partial charge is 0.142 e. The zero-order chi connectivity index (χ0) is 11.7. The summed E-state index contributed by atoms with van der Waals surface area (Å²) in [7, 11) is 0. The normalized spacial score (nSPS) is 10.4. The largest absolute Gasteiger partial charge is 0.383 e. The molecule has 0 radical (unpaired) electrons. The number of nitrogens with two attached hydrogens (primary N) is 1. The second-order valence-electron chi connectivity index (χ2n) is 3.21. The lowest BCUT2D eigenvalue weighted by atomic mass is 10.1. The maximum Gasteiger partial charge on any atom is 0.142 e.